The van der Waals surface area contributed by atoms with E-state index >= 15 is 0 Å². The van der Waals surface area contributed by atoms with Crippen LogP contribution in [0.3, 0.4) is 0 Å². The molecule has 0 aromatic carbocycles. The highest BCUT2D eigenvalue weighted by Gasteiger charge is 2.07. The topological polar surface area (TPSA) is 59.3 Å². The van der Waals surface area contributed by atoms with E-state index in [9.17, 15) is 9.59 Å². The zero-order valence-corrected chi connectivity index (χ0v) is 10.8. The number of rotatable bonds is 5. The Bertz CT molecular complexity index is 542. The van der Waals surface area contributed by atoms with Crippen LogP contribution in [-0.4, -0.2) is 18.2 Å². The molecule has 0 unspecified atom stereocenters. The van der Waals surface area contributed by atoms with Crippen molar-refractivity contribution in [2.75, 3.05) is 6.54 Å². The normalized spacial score (nSPS) is 10.3. The van der Waals surface area contributed by atoms with Gasteiger partial charge in [-0.1, -0.05) is 0 Å². The van der Waals surface area contributed by atoms with Gasteiger partial charge in [0.2, 0.25) is 0 Å². The average molecular weight is 263 g/mol. The molecule has 1 amide bonds. The molecule has 1 N–H and O–H groups in total. The van der Waals surface area contributed by atoms with Gasteiger partial charge in [0.1, 0.15) is 6.26 Å². The van der Waals surface area contributed by atoms with Gasteiger partial charge in [0.15, 0.2) is 5.78 Å². The van der Waals surface area contributed by atoms with Crippen LogP contribution in [0.25, 0.3) is 0 Å². The lowest BCUT2D eigenvalue weighted by Gasteiger charge is -2.01. The van der Waals surface area contributed by atoms with Gasteiger partial charge in [-0.2, -0.15) is 0 Å². The first-order chi connectivity index (χ1) is 8.66. The van der Waals surface area contributed by atoms with Crippen LogP contribution < -0.4 is 5.32 Å². The Morgan fingerprint density at radius 1 is 1.33 bits per heavy atom. The molecule has 0 bridgehead atoms. The monoisotopic (exact) mass is 263 g/mol. The molecule has 0 aliphatic heterocycles. The highest BCUT2D eigenvalue weighted by molar-refractivity contribution is 7.14. The van der Waals surface area contributed by atoms with E-state index in [1.165, 1.54) is 23.9 Å². The zero-order chi connectivity index (χ0) is 13.0. The standard InChI is InChI=1S/C13H13NO3S/c1-9(15)12-3-2-11(18-12)4-6-14-13(16)10-5-7-17-8-10/h2-3,5,7-8H,4,6H2,1H3,(H,14,16). The third-order valence-electron chi connectivity index (χ3n) is 2.45. The summed E-state index contributed by atoms with van der Waals surface area (Å²) in [6, 6.07) is 5.36. The molecule has 18 heavy (non-hydrogen) atoms. The SMILES string of the molecule is CC(=O)c1ccc(CCNC(=O)c2ccoc2)s1. The van der Waals surface area contributed by atoms with Crippen molar-refractivity contribution >= 4 is 23.0 Å². The summed E-state index contributed by atoms with van der Waals surface area (Å²) in [5.41, 5.74) is 0.519. The Morgan fingerprint density at radius 3 is 2.78 bits per heavy atom. The third kappa shape index (κ3) is 3.07. The smallest absolute Gasteiger partial charge is 0.254 e. The summed E-state index contributed by atoms with van der Waals surface area (Å²) in [5, 5.41) is 2.79. The summed E-state index contributed by atoms with van der Waals surface area (Å²) in [6.45, 7) is 2.10. The predicted octanol–water partition coefficient (Wildman–Crippen LogP) is 2.52. The number of hydrogen-bond acceptors (Lipinski definition) is 4. The summed E-state index contributed by atoms with van der Waals surface area (Å²) in [6.07, 6.45) is 3.60. The van der Waals surface area contributed by atoms with Crippen molar-refractivity contribution in [2.45, 2.75) is 13.3 Å². The quantitative estimate of drug-likeness (QED) is 0.843. The van der Waals surface area contributed by atoms with E-state index in [0.717, 1.165) is 16.2 Å². The number of carbonyl (C=O) groups excluding carboxylic acids is 2. The molecule has 0 aliphatic rings. The van der Waals surface area contributed by atoms with Crippen molar-refractivity contribution in [3.8, 4) is 0 Å². The molecule has 0 radical (unpaired) electrons. The number of nitrogens with one attached hydrogen (secondary N) is 1. The maximum absolute atomic E-state index is 11.6. The summed E-state index contributed by atoms with van der Waals surface area (Å²) in [7, 11) is 0. The highest BCUT2D eigenvalue weighted by atomic mass is 32.1. The Hall–Kier alpha value is -1.88. The molecule has 4 nitrogen and oxygen atoms in total. The minimum Gasteiger partial charge on any atom is -0.472 e. The fraction of sp³-hybridized carbons (Fsp3) is 0.231. The van der Waals surface area contributed by atoms with Crippen LogP contribution in [0.1, 0.15) is 31.8 Å². The first kappa shape index (κ1) is 12.6. The number of furan rings is 1. The Morgan fingerprint density at radius 2 is 2.17 bits per heavy atom. The van der Waals surface area contributed by atoms with E-state index < -0.39 is 0 Å². The van der Waals surface area contributed by atoms with Crippen LogP contribution in [0.15, 0.2) is 35.1 Å². The van der Waals surface area contributed by atoms with Crippen molar-refractivity contribution in [3.05, 3.63) is 46.0 Å². The van der Waals surface area contributed by atoms with E-state index in [1.54, 1.807) is 13.0 Å². The van der Waals surface area contributed by atoms with Crippen LogP contribution in [0.2, 0.25) is 0 Å². The molecule has 2 aromatic heterocycles. The molecule has 2 aromatic rings. The van der Waals surface area contributed by atoms with Gasteiger partial charge in [0.05, 0.1) is 16.7 Å². The first-order valence-electron chi connectivity index (χ1n) is 5.57. The van der Waals surface area contributed by atoms with Gasteiger partial charge in [-0.25, -0.2) is 0 Å². The minimum absolute atomic E-state index is 0.0775. The lowest BCUT2D eigenvalue weighted by molar-refractivity contribution is 0.0952. The fourth-order valence-corrected chi connectivity index (χ4v) is 2.40. The molecular formula is C13H13NO3S. The molecule has 2 heterocycles. The van der Waals surface area contributed by atoms with Gasteiger partial charge >= 0.3 is 0 Å². The van der Waals surface area contributed by atoms with Crippen molar-refractivity contribution in [3.63, 3.8) is 0 Å². The van der Waals surface area contributed by atoms with Crippen molar-refractivity contribution in [1.82, 2.24) is 5.32 Å². The molecule has 2 rings (SSSR count). The lowest BCUT2D eigenvalue weighted by Crippen LogP contribution is -2.24. The fourth-order valence-electron chi connectivity index (χ4n) is 1.50. The second-order valence-electron chi connectivity index (χ2n) is 3.84. The van der Waals surface area contributed by atoms with Crippen molar-refractivity contribution in [1.29, 1.82) is 0 Å². The first-order valence-corrected chi connectivity index (χ1v) is 6.38. The summed E-state index contributed by atoms with van der Waals surface area (Å²) >= 11 is 1.47. The second-order valence-corrected chi connectivity index (χ2v) is 5.01. The number of hydrogen-bond donors (Lipinski definition) is 1. The molecule has 5 heteroatoms. The van der Waals surface area contributed by atoms with Gasteiger partial charge < -0.3 is 9.73 Å². The maximum atomic E-state index is 11.6. The van der Waals surface area contributed by atoms with Gasteiger partial charge in [-0.05, 0) is 31.5 Å². The predicted molar refractivity (Wildman–Crippen MR) is 69.1 cm³/mol. The molecular weight excluding hydrogens is 250 g/mol. The Balaban J connectivity index is 1.81. The Labute approximate surface area is 109 Å². The van der Waals surface area contributed by atoms with Gasteiger partial charge in [0, 0.05) is 11.4 Å². The maximum Gasteiger partial charge on any atom is 0.254 e. The summed E-state index contributed by atoms with van der Waals surface area (Å²) < 4.78 is 4.83. The third-order valence-corrected chi connectivity index (χ3v) is 3.69. The molecule has 0 saturated heterocycles. The number of amides is 1. The molecule has 0 fully saturated rings. The van der Waals surface area contributed by atoms with Gasteiger partial charge in [-0.3, -0.25) is 9.59 Å². The van der Waals surface area contributed by atoms with Crippen LogP contribution in [0, 0.1) is 0 Å². The van der Waals surface area contributed by atoms with Crippen molar-refractivity contribution < 1.29 is 14.0 Å². The summed E-state index contributed by atoms with van der Waals surface area (Å²) in [5.74, 6) is -0.0687. The van der Waals surface area contributed by atoms with E-state index in [2.05, 4.69) is 5.32 Å². The van der Waals surface area contributed by atoms with E-state index in [4.69, 9.17) is 4.42 Å². The van der Waals surface area contributed by atoms with E-state index in [-0.39, 0.29) is 11.7 Å². The number of ketones is 1. The van der Waals surface area contributed by atoms with Crippen LogP contribution in [0.4, 0.5) is 0 Å². The Kier molecular flexibility index (Phi) is 3.94. The number of Topliss-reactive ketones (excluding diaryl/α,β-unsaturated/α-hetero) is 1. The molecule has 94 valence electrons. The molecule has 0 atom stereocenters. The van der Waals surface area contributed by atoms with E-state index in [1.807, 2.05) is 12.1 Å². The average Bonchev–Trinajstić information content (AvgIpc) is 3.00. The molecule has 0 saturated carbocycles. The van der Waals surface area contributed by atoms with Gasteiger partial charge in [-0.15, -0.1) is 11.3 Å². The van der Waals surface area contributed by atoms with Crippen molar-refractivity contribution in [2.24, 2.45) is 0 Å². The van der Waals surface area contributed by atoms with Gasteiger partial charge in [0.25, 0.3) is 5.91 Å². The molecule has 0 spiro atoms. The van der Waals surface area contributed by atoms with Crippen LogP contribution in [0.5, 0.6) is 0 Å². The zero-order valence-electron chi connectivity index (χ0n) is 9.93. The lowest BCUT2D eigenvalue weighted by atomic mass is 10.3. The number of carbonyl (C=O) groups is 2. The highest BCUT2D eigenvalue weighted by Crippen LogP contribution is 2.17. The van der Waals surface area contributed by atoms with Crippen LogP contribution >= 0.6 is 11.3 Å². The second kappa shape index (κ2) is 5.64. The largest absolute Gasteiger partial charge is 0.472 e. The summed E-state index contributed by atoms with van der Waals surface area (Å²) in [4.78, 5) is 24.6. The van der Waals surface area contributed by atoms with Crippen LogP contribution in [-0.2, 0) is 6.42 Å². The minimum atomic E-state index is -0.146. The molecule has 0 aliphatic carbocycles. The van der Waals surface area contributed by atoms with E-state index in [0.29, 0.717) is 12.1 Å². The number of thiophene rings is 1.